The van der Waals surface area contributed by atoms with E-state index in [0.717, 1.165) is 6.42 Å². The number of hydrogen-bond donors (Lipinski definition) is 2. The molecule has 3 N–H and O–H groups in total. The first kappa shape index (κ1) is 18.2. The SMILES string of the molecule is C[C@H]1[C@@H](NC(=O)C[NH2+][C@@H](c2ccccc2)c2cccs2)CCC[C@@H]1C. The summed E-state index contributed by atoms with van der Waals surface area (Å²) in [6.07, 6.45) is 3.63. The van der Waals surface area contributed by atoms with Crippen LogP contribution in [0.2, 0.25) is 0 Å². The molecule has 0 aliphatic heterocycles. The van der Waals surface area contributed by atoms with Crippen molar-refractivity contribution in [3.63, 3.8) is 0 Å². The molecular formula is C21H29N2OS+. The molecule has 0 spiro atoms. The molecule has 0 radical (unpaired) electrons. The van der Waals surface area contributed by atoms with Crippen LogP contribution in [0.15, 0.2) is 47.8 Å². The number of benzene rings is 1. The van der Waals surface area contributed by atoms with Crippen molar-refractivity contribution < 1.29 is 10.1 Å². The molecule has 1 heterocycles. The van der Waals surface area contributed by atoms with Crippen molar-refractivity contribution in [2.45, 2.75) is 45.2 Å². The van der Waals surface area contributed by atoms with E-state index in [-0.39, 0.29) is 11.9 Å². The fraction of sp³-hybridized carbons (Fsp3) is 0.476. The second-order valence-electron chi connectivity index (χ2n) is 7.28. The predicted molar refractivity (Wildman–Crippen MR) is 104 cm³/mol. The Bertz CT molecular complexity index is 656. The zero-order chi connectivity index (χ0) is 17.6. The number of nitrogens with two attached hydrogens (primary N) is 1. The number of quaternary nitrogens is 1. The van der Waals surface area contributed by atoms with Crippen LogP contribution in [0.3, 0.4) is 0 Å². The van der Waals surface area contributed by atoms with Crippen LogP contribution in [0.5, 0.6) is 0 Å². The van der Waals surface area contributed by atoms with E-state index in [0.29, 0.717) is 24.4 Å². The van der Waals surface area contributed by atoms with E-state index in [1.807, 2.05) is 6.07 Å². The normalized spacial score (nSPS) is 24.6. The number of thiophene rings is 1. The standard InChI is InChI=1S/C21H28N2OS/c1-15-8-6-11-18(16(15)2)23-20(24)14-22-21(19-12-7-13-25-19)17-9-4-3-5-10-17/h3-5,7,9-10,12-13,15-16,18,21-22H,6,8,11,14H2,1-2H3,(H,23,24)/p+1/t15-,16+,18-,21-/m0/s1. The maximum absolute atomic E-state index is 12.5. The number of amides is 1. The van der Waals surface area contributed by atoms with Gasteiger partial charge < -0.3 is 10.6 Å². The quantitative estimate of drug-likeness (QED) is 0.818. The van der Waals surface area contributed by atoms with Gasteiger partial charge in [0.1, 0.15) is 6.04 Å². The maximum atomic E-state index is 12.5. The summed E-state index contributed by atoms with van der Waals surface area (Å²) in [5.74, 6) is 1.43. The Morgan fingerprint density at radius 2 is 2.00 bits per heavy atom. The fourth-order valence-electron chi connectivity index (χ4n) is 3.82. The topological polar surface area (TPSA) is 45.7 Å². The largest absolute Gasteiger partial charge is 0.348 e. The third-order valence-corrected chi connectivity index (χ3v) is 6.56. The average Bonchev–Trinajstić information content (AvgIpc) is 3.14. The van der Waals surface area contributed by atoms with Crippen LogP contribution >= 0.6 is 11.3 Å². The summed E-state index contributed by atoms with van der Waals surface area (Å²) in [5.41, 5.74) is 1.25. The molecule has 0 unspecified atom stereocenters. The summed E-state index contributed by atoms with van der Waals surface area (Å²) in [7, 11) is 0. The van der Waals surface area contributed by atoms with E-state index < -0.39 is 0 Å². The van der Waals surface area contributed by atoms with Crippen LogP contribution in [0.1, 0.15) is 49.6 Å². The summed E-state index contributed by atoms with van der Waals surface area (Å²) in [6, 6.07) is 15.2. The number of carbonyl (C=O) groups excluding carboxylic acids is 1. The molecule has 134 valence electrons. The van der Waals surface area contributed by atoms with Crippen molar-refractivity contribution in [1.29, 1.82) is 0 Å². The monoisotopic (exact) mass is 357 g/mol. The van der Waals surface area contributed by atoms with Crippen LogP contribution < -0.4 is 10.6 Å². The first-order chi connectivity index (χ1) is 12.1. The molecule has 1 aliphatic carbocycles. The molecule has 1 aromatic heterocycles. The number of rotatable bonds is 6. The Morgan fingerprint density at radius 1 is 1.20 bits per heavy atom. The molecule has 0 saturated heterocycles. The van der Waals surface area contributed by atoms with Crippen LogP contribution in [-0.4, -0.2) is 18.5 Å². The molecule has 25 heavy (non-hydrogen) atoms. The minimum absolute atomic E-state index is 0.156. The van der Waals surface area contributed by atoms with Gasteiger partial charge in [-0.2, -0.15) is 0 Å². The Kier molecular flexibility index (Phi) is 6.27. The molecule has 3 nitrogen and oxygen atoms in total. The molecule has 1 fully saturated rings. The van der Waals surface area contributed by atoms with Gasteiger partial charge in [-0.25, -0.2) is 0 Å². The lowest BCUT2D eigenvalue weighted by Gasteiger charge is -2.34. The highest BCUT2D eigenvalue weighted by atomic mass is 32.1. The number of carbonyl (C=O) groups is 1. The molecule has 1 aromatic carbocycles. The van der Waals surface area contributed by atoms with E-state index in [9.17, 15) is 4.79 Å². The van der Waals surface area contributed by atoms with Crippen molar-refractivity contribution >= 4 is 17.2 Å². The van der Waals surface area contributed by atoms with E-state index in [4.69, 9.17) is 0 Å². The molecule has 1 aliphatic rings. The first-order valence-electron chi connectivity index (χ1n) is 9.36. The third-order valence-electron chi connectivity index (χ3n) is 5.60. The fourth-order valence-corrected chi connectivity index (χ4v) is 4.67. The lowest BCUT2D eigenvalue weighted by atomic mass is 9.78. The second-order valence-corrected chi connectivity index (χ2v) is 8.26. The molecule has 3 rings (SSSR count). The summed E-state index contributed by atoms with van der Waals surface area (Å²) in [5, 5.41) is 7.55. The molecule has 4 heteroatoms. The van der Waals surface area contributed by atoms with Crippen molar-refractivity contribution in [2.24, 2.45) is 11.8 Å². The predicted octanol–water partition coefficient (Wildman–Crippen LogP) is 3.34. The maximum Gasteiger partial charge on any atom is 0.275 e. The van der Waals surface area contributed by atoms with Gasteiger partial charge in [-0.15, -0.1) is 11.3 Å². The number of hydrogen-bond acceptors (Lipinski definition) is 2. The zero-order valence-electron chi connectivity index (χ0n) is 15.2. The van der Waals surface area contributed by atoms with Crippen LogP contribution in [0.25, 0.3) is 0 Å². The first-order valence-corrected chi connectivity index (χ1v) is 10.2. The van der Waals surface area contributed by atoms with E-state index >= 15 is 0 Å². The van der Waals surface area contributed by atoms with Crippen LogP contribution in [0, 0.1) is 11.8 Å². The van der Waals surface area contributed by atoms with Gasteiger partial charge in [-0.1, -0.05) is 63.1 Å². The van der Waals surface area contributed by atoms with E-state index in [1.54, 1.807) is 11.3 Å². The minimum atomic E-state index is 0.156. The molecular weight excluding hydrogens is 328 g/mol. The highest BCUT2D eigenvalue weighted by Crippen LogP contribution is 2.29. The van der Waals surface area contributed by atoms with E-state index in [2.05, 4.69) is 66.3 Å². The molecule has 1 saturated carbocycles. The molecule has 2 aromatic rings. The van der Waals surface area contributed by atoms with Crippen molar-refractivity contribution in [3.05, 3.63) is 58.3 Å². The summed E-state index contributed by atoms with van der Waals surface area (Å²) in [6.45, 7) is 5.04. The van der Waals surface area contributed by atoms with Gasteiger partial charge in [0, 0.05) is 11.6 Å². The average molecular weight is 358 g/mol. The Balaban J connectivity index is 1.60. The van der Waals surface area contributed by atoms with Gasteiger partial charge in [0.25, 0.3) is 5.91 Å². The van der Waals surface area contributed by atoms with E-state index in [1.165, 1.54) is 23.3 Å². The summed E-state index contributed by atoms with van der Waals surface area (Å²) in [4.78, 5) is 13.8. The minimum Gasteiger partial charge on any atom is -0.348 e. The van der Waals surface area contributed by atoms with Gasteiger partial charge in [0.05, 0.1) is 4.88 Å². The Morgan fingerprint density at radius 3 is 2.72 bits per heavy atom. The van der Waals surface area contributed by atoms with Crippen LogP contribution in [0.4, 0.5) is 0 Å². The van der Waals surface area contributed by atoms with Gasteiger partial charge in [0.15, 0.2) is 6.54 Å². The molecule has 1 amide bonds. The number of nitrogens with one attached hydrogen (secondary N) is 1. The molecule has 0 bridgehead atoms. The van der Waals surface area contributed by atoms with Gasteiger partial charge in [-0.3, -0.25) is 4.79 Å². The third kappa shape index (κ3) is 4.71. The van der Waals surface area contributed by atoms with Crippen LogP contribution in [-0.2, 0) is 4.79 Å². The zero-order valence-corrected chi connectivity index (χ0v) is 16.0. The lowest BCUT2D eigenvalue weighted by molar-refractivity contribution is -0.676. The lowest BCUT2D eigenvalue weighted by Crippen LogP contribution is -2.87. The smallest absolute Gasteiger partial charge is 0.275 e. The Hall–Kier alpha value is -1.65. The highest BCUT2D eigenvalue weighted by Gasteiger charge is 2.29. The summed E-state index contributed by atoms with van der Waals surface area (Å²) >= 11 is 1.75. The molecule has 4 atom stereocenters. The van der Waals surface area contributed by atoms with Gasteiger partial charge in [0.2, 0.25) is 0 Å². The summed E-state index contributed by atoms with van der Waals surface area (Å²) < 4.78 is 0. The second kappa shape index (κ2) is 8.63. The van der Waals surface area contributed by atoms with Crippen molar-refractivity contribution in [2.75, 3.05) is 6.54 Å². The van der Waals surface area contributed by atoms with Crippen molar-refractivity contribution in [3.8, 4) is 0 Å². The van der Waals surface area contributed by atoms with Gasteiger partial charge >= 0.3 is 0 Å². The highest BCUT2D eigenvalue weighted by molar-refractivity contribution is 7.10. The van der Waals surface area contributed by atoms with Gasteiger partial charge in [-0.05, 0) is 29.7 Å². The Labute approximate surface area is 154 Å². The van der Waals surface area contributed by atoms with Crippen molar-refractivity contribution in [1.82, 2.24) is 5.32 Å².